The zero-order valence-corrected chi connectivity index (χ0v) is 30.8. The van der Waals surface area contributed by atoms with Crippen molar-refractivity contribution in [1.29, 1.82) is 5.26 Å². The van der Waals surface area contributed by atoms with Gasteiger partial charge in [-0.05, 0) is 30.3 Å². The Bertz CT molecular complexity index is 2190. The second kappa shape index (κ2) is 16.3. The third-order valence-corrected chi connectivity index (χ3v) is 13.6. The molecule has 1 saturated carbocycles. The molecule has 21 heteroatoms. The fourth-order valence-electron chi connectivity index (χ4n) is 5.95. The van der Waals surface area contributed by atoms with Gasteiger partial charge in [-0.15, -0.1) is 0 Å². The normalized spacial score (nSPS) is 21.1. The average molecular weight is 825 g/mol. The first-order valence-corrected chi connectivity index (χ1v) is 20.3. The lowest BCUT2D eigenvalue weighted by Crippen LogP contribution is -2.44. The van der Waals surface area contributed by atoms with Gasteiger partial charge in [-0.1, -0.05) is 48.0 Å². The number of nitrogens with zero attached hydrogens (tertiary/aromatic N) is 3. The summed E-state index contributed by atoms with van der Waals surface area (Å²) in [6.45, 7) is -2.05. The Morgan fingerprint density at radius 1 is 1.00 bits per heavy atom. The van der Waals surface area contributed by atoms with Crippen LogP contribution in [0.25, 0.3) is 11.0 Å². The highest BCUT2D eigenvalue weighted by Gasteiger charge is 2.48. The van der Waals surface area contributed by atoms with Crippen LogP contribution in [0.1, 0.15) is 45.3 Å². The van der Waals surface area contributed by atoms with Crippen LogP contribution in [-0.2, 0) is 37.7 Å². The lowest BCUT2D eigenvalue weighted by Gasteiger charge is -2.36. The number of aromatic nitrogens is 2. The van der Waals surface area contributed by atoms with Crippen LogP contribution in [0.3, 0.4) is 0 Å². The number of rotatable bonds is 15. The standard InChI is InChI=1S/C34H32ClF2N4O12PS/c35-29-24(15-38)26(39-22-13-34(36,37)14-22)23-11-12-41(30(23)40-29)31-28(43)27(42)25(53-31)16-55(47,48)19-54(46,51-17-49-32(44)20-7-3-1-4-8-20)52-18-50-33(45)21-9-5-2-6-10-21/h1-12,22,25,27-28,31,42-43H,13-14,16-19H2,(H,39,40)/t25-,27-,28-,31-/m1/s1. The van der Waals surface area contributed by atoms with Crippen LogP contribution < -0.4 is 5.32 Å². The summed E-state index contributed by atoms with van der Waals surface area (Å²) < 4.78 is 95.2. The van der Waals surface area contributed by atoms with Crippen LogP contribution in [0.5, 0.6) is 0 Å². The first-order chi connectivity index (χ1) is 26.1. The maximum Gasteiger partial charge on any atom is 0.351 e. The summed E-state index contributed by atoms with van der Waals surface area (Å²) in [5.41, 5.74) is -1.13. The monoisotopic (exact) mass is 824 g/mol. The van der Waals surface area contributed by atoms with Crippen molar-refractivity contribution in [2.45, 2.75) is 49.3 Å². The molecule has 292 valence electrons. The highest BCUT2D eigenvalue weighted by atomic mass is 35.5. The Morgan fingerprint density at radius 2 is 1.56 bits per heavy atom. The Balaban J connectivity index is 1.16. The fraction of sp³-hybridized carbons (Fsp3) is 0.353. The van der Waals surface area contributed by atoms with E-state index in [1.807, 2.05) is 6.07 Å². The zero-order valence-electron chi connectivity index (χ0n) is 28.4. The number of aliphatic hydroxyl groups is 2. The molecule has 1 aliphatic carbocycles. The molecule has 4 atom stereocenters. The largest absolute Gasteiger partial charge is 0.434 e. The number of benzene rings is 2. The topological polar surface area (TPSA) is 226 Å². The number of esters is 2. The van der Waals surface area contributed by atoms with Gasteiger partial charge in [0.05, 0.1) is 22.6 Å². The predicted octanol–water partition coefficient (Wildman–Crippen LogP) is 4.62. The molecule has 0 unspecified atom stereocenters. The van der Waals surface area contributed by atoms with E-state index in [4.69, 9.17) is 34.9 Å². The molecule has 16 nitrogen and oxygen atoms in total. The lowest BCUT2D eigenvalue weighted by molar-refractivity contribution is -0.0793. The van der Waals surface area contributed by atoms with Gasteiger partial charge >= 0.3 is 19.5 Å². The molecule has 2 aromatic heterocycles. The second-order valence-corrected chi connectivity index (χ2v) is 17.6. The molecule has 6 rings (SSSR count). The Morgan fingerprint density at radius 3 is 2.09 bits per heavy atom. The van der Waals surface area contributed by atoms with Crippen LogP contribution in [0.2, 0.25) is 5.15 Å². The van der Waals surface area contributed by atoms with Crippen molar-refractivity contribution in [1.82, 2.24) is 9.55 Å². The Kier molecular flexibility index (Phi) is 11.9. The van der Waals surface area contributed by atoms with E-state index in [1.165, 1.54) is 41.1 Å². The van der Waals surface area contributed by atoms with Gasteiger partial charge in [0.1, 0.15) is 35.6 Å². The van der Waals surface area contributed by atoms with E-state index < -0.39 is 104 Å². The molecular weight excluding hydrogens is 793 g/mol. The van der Waals surface area contributed by atoms with E-state index in [0.29, 0.717) is 0 Å². The molecule has 0 radical (unpaired) electrons. The number of aliphatic hydroxyl groups excluding tert-OH is 2. The molecule has 55 heavy (non-hydrogen) atoms. The van der Waals surface area contributed by atoms with Crippen molar-refractivity contribution in [3.05, 3.63) is 94.8 Å². The smallest absolute Gasteiger partial charge is 0.351 e. The minimum atomic E-state index is -4.81. The number of alkyl halides is 2. The summed E-state index contributed by atoms with van der Waals surface area (Å²) in [7, 11) is -9.42. The van der Waals surface area contributed by atoms with Crippen molar-refractivity contribution < 1.29 is 64.8 Å². The molecule has 0 bridgehead atoms. The Labute approximate surface area is 316 Å². The molecule has 2 aromatic carbocycles. The van der Waals surface area contributed by atoms with Gasteiger partial charge in [0, 0.05) is 30.5 Å². The van der Waals surface area contributed by atoms with Gasteiger partial charge in [-0.3, -0.25) is 13.6 Å². The third-order valence-electron chi connectivity index (χ3n) is 8.65. The summed E-state index contributed by atoms with van der Waals surface area (Å²) in [6, 6.07) is 17.9. The molecule has 0 spiro atoms. The number of hydrogen-bond acceptors (Lipinski definition) is 15. The van der Waals surface area contributed by atoms with E-state index in [-0.39, 0.29) is 38.6 Å². The van der Waals surface area contributed by atoms with Crippen LogP contribution in [0.15, 0.2) is 72.9 Å². The maximum absolute atomic E-state index is 13.8. The number of halogens is 3. The minimum Gasteiger partial charge on any atom is -0.434 e. The number of sulfone groups is 1. The molecule has 0 amide bonds. The summed E-state index contributed by atoms with van der Waals surface area (Å²) in [5.74, 6) is -5.69. The van der Waals surface area contributed by atoms with Crippen LogP contribution in [0.4, 0.5) is 14.5 Å². The van der Waals surface area contributed by atoms with Crippen LogP contribution in [0, 0.1) is 11.3 Å². The number of fused-ring (bicyclic) bond motifs is 1. The number of ether oxygens (including phenoxy) is 3. The molecule has 4 aromatic rings. The molecule has 1 aliphatic heterocycles. The molecule has 3 N–H and O–H groups in total. The van der Waals surface area contributed by atoms with E-state index in [9.17, 15) is 46.8 Å². The minimum absolute atomic E-state index is 0.0127. The fourth-order valence-corrected chi connectivity index (χ4v) is 10.4. The van der Waals surface area contributed by atoms with Gasteiger partial charge in [0.25, 0.3) is 5.92 Å². The zero-order chi connectivity index (χ0) is 39.5. The molecule has 1 saturated heterocycles. The van der Waals surface area contributed by atoms with Crippen molar-refractivity contribution >= 4 is 57.7 Å². The van der Waals surface area contributed by atoms with Crippen molar-refractivity contribution in [2.24, 2.45) is 0 Å². The highest BCUT2D eigenvalue weighted by Crippen LogP contribution is 2.50. The molecule has 2 fully saturated rings. The SMILES string of the molecule is N#Cc1c(Cl)nc2c(ccn2[C@@H]2O[C@H](CS(=O)(=O)CP(=O)(OCOC(=O)c3ccccc3)OCOC(=O)c3ccccc3)[C@@H](O)[C@H]2O)c1NC1CC(F)(F)C1. The molecule has 2 aliphatic rings. The van der Waals surface area contributed by atoms with Crippen molar-refractivity contribution in [3.63, 3.8) is 0 Å². The number of nitrogens with one attached hydrogen (secondary N) is 1. The predicted molar refractivity (Wildman–Crippen MR) is 189 cm³/mol. The van der Waals surface area contributed by atoms with E-state index in [1.54, 1.807) is 36.4 Å². The number of anilines is 1. The van der Waals surface area contributed by atoms with Crippen LogP contribution in [-0.4, -0.2) is 95.2 Å². The molecular formula is C34H32ClF2N4O12PS. The first kappa shape index (κ1) is 40.2. The number of nitriles is 1. The number of carbonyl (C=O) groups is 2. The number of hydrogen-bond donors (Lipinski definition) is 3. The van der Waals surface area contributed by atoms with Gasteiger partial charge in [0.15, 0.2) is 26.7 Å². The van der Waals surface area contributed by atoms with E-state index in [2.05, 4.69) is 10.3 Å². The molecule has 3 heterocycles. The third kappa shape index (κ3) is 9.31. The summed E-state index contributed by atoms with van der Waals surface area (Å²) in [5, 5.41) is 34.5. The van der Waals surface area contributed by atoms with Gasteiger partial charge in [-0.2, -0.15) is 5.26 Å². The second-order valence-electron chi connectivity index (χ2n) is 12.6. The average Bonchev–Trinajstić information content (AvgIpc) is 3.66. The lowest BCUT2D eigenvalue weighted by atomic mass is 9.88. The van der Waals surface area contributed by atoms with Gasteiger partial charge in [-0.25, -0.2) is 31.8 Å². The van der Waals surface area contributed by atoms with Gasteiger partial charge < -0.3 is 34.3 Å². The van der Waals surface area contributed by atoms with Crippen LogP contribution >= 0.6 is 19.2 Å². The maximum atomic E-state index is 13.8. The number of pyridine rings is 1. The summed E-state index contributed by atoms with van der Waals surface area (Å²) >= 11 is 6.28. The quantitative estimate of drug-likeness (QED) is 0.0644. The summed E-state index contributed by atoms with van der Waals surface area (Å²) in [6.07, 6.45) is -6.30. The van der Waals surface area contributed by atoms with Crippen molar-refractivity contribution in [2.75, 3.05) is 30.1 Å². The Hall–Kier alpha value is -4.51. The van der Waals surface area contributed by atoms with Crippen molar-refractivity contribution in [3.8, 4) is 6.07 Å². The number of carbonyl (C=O) groups excluding carboxylic acids is 2. The highest BCUT2D eigenvalue weighted by molar-refractivity contribution is 7.97. The van der Waals surface area contributed by atoms with E-state index in [0.717, 1.165) is 0 Å². The summed E-state index contributed by atoms with van der Waals surface area (Å²) in [4.78, 5) is 29.0. The first-order valence-electron chi connectivity index (χ1n) is 16.4. The van der Waals surface area contributed by atoms with E-state index >= 15 is 0 Å². The van der Waals surface area contributed by atoms with Gasteiger partial charge in [0.2, 0.25) is 13.6 Å².